The lowest BCUT2D eigenvalue weighted by Crippen LogP contribution is -2.54. The molecule has 0 saturated carbocycles. The standard InChI is InChI=1S/C26H27ClN8O3/c1-3-38-17-9-18(25-16(10-28-2)11-32-35(25)14-17)21-12-31-23(13-30-21)34-8-6-20(22(36)15-34)33-26(37)24-19(27)5-4-7-29-24/h4-5,7,9,11-14,20,22,36H,2-3,6,8,10,15H2,1H3,(H,33,37)/t20-,22-/m0/s1. The number of carbonyl (C=O) groups is 1. The number of pyridine rings is 2. The molecule has 11 nitrogen and oxygen atoms in total. The predicted molar refractivity (Wildman–Crippen MR) is 144 cm³/mol. The number of hydrogen-bond acceptors (Lipinski definition) is 9. The number of halogens is 1. The third-order valence-electron chi connectivity index (χ3n) is 6.37. The Hall–Kier alpha value is -4.09. The van der Waals surface area contributed by atoms with Crippen molar-refractivity contribution in [3.63, 3.8) is 0 Å². The average Bonchev–Trinajstić information content (AvgIpc) is 3.33. The molecule has 0 bridgehead atoms. The summed E-state index contributed by atoms with van der Waals surface area (Å²) >= 11 is 6.08. The number of piperidine rings is 1. The van der Waals surface area contributed by atoms with E-state index in [4.69, 9.17) is 16.3 Å². The van der Waals surface area contributed by atoms with Crippen LogP contribution in [0.25, 0.3) is 16.8 Å². The molecule has 4 aromatic heterocycles. The number of aromatic nitrogens is 5. The molecule has 0 spiro atoms. The van der Waals surface area contributed by atoms with Gasteiger partial charge >= 0.3 is 0 Å². The van der Waals surface area contributed by atoms with Crippen LogP contribution < -0.4 is 15.0 Å². The lowest BCUT2D eigenvalue weighted by Gasteiger charge is -2.36. The molecule has 2 N–H and O–H groups in total. The van der Waals surface area contributed by atoms with Gasteiger partial charge in [0.05, 0.1) is 66.3 Å². The van der Waals surface area contributed by atoms with Crippen molar-refractivity contribution >= 4 is 35.6 Å². The maximum atomic E-state index is 12.6. The van der Waals surface area contributed by atoms with Crippen LogP contribution in [0.3, 0.4) is 0 Å². The van der Waals surface area contributed by atoms with Gasteiger partial charge in [-0.25, -0.2) is 14.5 Å². The van der Waals surface area contributed by atoms with Crippen LogP contribution in [0.2, 0.25) is 5.02 Å². The van der Waals surface area contributed by atoms with E-state index in [1.807, 2.05) is 24.1 Å². The van der Waals surface area contributed by atoms with Crippen molar-refractivity contribution in [3.8, 4) is 17.0 Å². The Balaban J connectivity index is 1.32. The molecule has 0 radical (unpaired) electrons. The molecular formula is C26H27ClN8O3. The zero-order valence-electron chi connectivity index (χ0n) is 20.8. The van der Waals surface area contributed by atoms with E-state index in [1.165, 1.54) is 6.20 Å². The Morgan fingerprint density at radius 3 is 2.89 bits per heavy atom. The summed E-state index contributed by atoms with van der Waals surface area (Å²) in [5.41, 5.74) is 3.39. The first-order valence-electron chi connectivity index (χ1n) is 12.2. The molecular weight excluding hydrogens is 508 g/mol. The number of carbonyl (C=O) groups excluding carboxylic acids is 1. The second kappa shape index (κ2) is 11.1. The lowest BCUT2D eigenvalue weighted by molar-refractivity contribution is 0.0793. The van der Waals surface area contributed by atoms with E-state index in [2.05, 4.69) is 37.1 Å². The predicted octanol–water partition coefficient (Wildman–Crippen LogP) is 2.81. The molecule has 1 aliphatic rings. The van der Waals surface area contributed by atoms with E-state index in [0.29, 0.717) is 43.4 Å². The number of hydrogen-bond donors (Lipinski definition) is 2. The van der Waals surface area contributed by atoms with Gasteiger partial charge in [0.25, 0.3) is 5.91 Å². The largest absolute Gasteiger partial charge is 0.492 e. The van der Waals surface area contributed by atoms with Gasteiger partial charge in [0.1, 0.15) is 17.3 Å². The fraction of sp³-hybridized carbons (Fsp3) is 0.308. The summed E-state index contributed by atoms with van der Waals surface area (Å²) in [5.74, 6) is 0.883. The maximum absolute atomic E-state index is 12.6. The highest BCUT2D eigenvalue weighted by Gasteiger charge is 2.30. The van der Waals surface area contributed by atoms with Gasteiger partial charge in [0, 0.05) is 30.4 Å². The number of rotatable bonds is 8. The number of amides is 1. The van der Waals surface area contributed by atoms with Crippen LogP contribution in [0.5, 0.6) is 5.75 Å². The fourth-order valence-electron chi connectivity index (χ4n) is 4.56. The van der Waals surface area contributed by atoms with E-state index in [0.717, 1.165) is 16.6 Å². The van der Waals surface area contributed by atoms with Crippen LogP contribution in [-0.4, -0.2) is 74.1 Å². The number of ether oxygens (including phenoxy) is 1. The highest BCUT2D eigenvalue weighted by Crippen LogP contribution is 2.31. The number of nitrogens with zero attached hydrogens (tertiary/aromatic N) is 7. The molecule has 4 aromatic rings. The van der Waals surface area contributed by atoms with Crippen LogP contribution in [-0.2, 0) is 6.54 Å². The first kappa shape index (κ1) is 25.6. The van der Waals surface area contributed by atoms with Gasteiger partial charge < -0.3 is 20.1 Å². The second-order valence-corrected chi connectivity index (χ2v) is 9.25. The van der Waals surface area contributed by atoms with Crippen molar-refractivity contribution in [2.24, 2.45) is 4.99 Å². The van der Waals surface area contributed by atoms with E-state index >= 15 is 0 Å². The van der Waals surface area contributed by atoms with Crippen LogP contribution in [0.4, 0.5) is 5.82 Å². The molecule has 1 saturated heterocycles. The van der Waals surface area contributed by atoms with Crippen molar-refractivity contribution in [1.29, 1.82) is 0 Å². The summed E-state index contributed by atoms with van der Waals surface area (Å²) in [6.07, 6.45) is 8.18. The Morgan fingerprint density at radius 1 is 1.32 bits per heavy atom. The molecule has 196 valence electrons. The monoisotopic (exact) mass is 534 g/mol. The third-order valence-corrected chi connectivity index (χ3v) is 6.67. The van der Waals surface area contributed by atoms with Crippen LogP contribution in [0.15, 0.2) is 54.2 Å². The second-order valence-electron chi connectivity index (χ2n) is 8.84. The topological polar surface area (TPSA) is 130 Å². The number of aliphatic hydroxyl groups is 1. The van der Waals surface area contributed by atoms with E-state index in [9.17, 15) is 9.90 Å². The number of aliphatic hydroxyl groups excluding tert-OH is 1. The average molecular weight is 535 g/mol. The van der Waals surface area contributed by atoms with Crippen molar-refractivity contribution in [2.75, 3.05) is 24.6 Å². The first-order chi connectivity index (χ1) is 18.5. The zero-order valence-corrected chi connectivity index (χ0v) is 21.5. The molecule has 0 unspecified atom stereocenters. The van der Waals surface area contributed by atoms with Crippen molar-refractivity contribution in [2.45, 2.75) is 32.0 Å². The summed E-state index contributed by atoms with van der Waals surface area (Å²) in [6.45, 7) is 7.33. The third kappa shape index (κ3) is 5.15. The van der Waals surface area contributed by atoms with Gasteiger partial charge in [-0.1, -0.05) is 11.6 Å². The molecule has 1 fully saturated rings. The van der Waals surface area contributed by atoms with Crippen LogP contribution >= 0.6 is 11.6 Å². The molecule has 1 amide bonds. The molecule has 1 aliphatic heterocycles. The van der Waals surface area contributed by atoms with E-state index in [1.54, 1.807) is 35.2 Å². The molecule has 5 rings (SSSR count). The summed E-state index contributed by atoms with van der Waals surface area (Å²) in [5, 5.41) is 18.3. The first-order valence-corrected chi connectivity index (χ1v) is 12.6. The minimum atomic E-state index is -0.806. The summed E-state index contributed by atoms with van der Waals surface area (Å²) in [4.78, 5) is 31.9. The smallest absolute Gasteiger partial charge is 0.271 e. The van der Waals surface area contributed by atoms with Crippen molar-refractivity contribution < 1.29 is 14.6 Å². The summed E-state index contributed by atoms with van der Waals surface area (Å²) in [6, 6.07) is 4.75. The summed E-state index contributed by atoms with van der Waals surface area (Å²) in [7, 11) is 0. The normalized spacial score (nSPS) is 17.4. The minimum absolute atomic E-state index is 0.137. The number of anilines is 1. The Labute approximate surface area is 224 Å². The molecule has 5 heterocycles. The minimum Gasteiger partial charge on any atom is -0.492 e. The van der Waals surface area contributed by atoms with Gasteiger partial charge in [-0.2, -0.15) is 5.10 Å². The highest BCUT2D eigenvalue weighted by molar-refractivity contribution is 6.33. The Kier molecular flexibility index (Phi) is 7.47. The number of fused-ring (bicyclic) bond motifs is 1. The quantitative estimate of drug-likeness (QED) is 0.330. The van der Waals surface area contributed by atoms with Gasteiger partial charge in [-0.05, 0) is 38.3 Å². The number of β-amino-alcohol motifs (C(OH)–C–C–N with tert-alkyl or cyclic N) is 1. The molecule has 0 aromatic carbocycles. The maximum Gasteiger partial charge on any atom is 0.271 e. The highest BCUT2D eigenvalue weighted by atomic mass is 35.5. The molecule has 0 aliphatic carbocycles. The van der Waals surface area contributed by atoms with E-state index in [-0.39, 0.29) is 17.3 Å². The molecule has 12 heteroatoms. The zero-order chi connectivity index (χ0) is 26.6. The SMILES string of the molecule is C=NCc1cnn2cc(OCC)cc(-c3cnc(N4CC[C@H](NC(=O)c5ncccc5Cl)[C@@H](O)C4)cn3)c12. The van der Waals surface area contributed by atoms with Gasteiger partial charge in [0.15, 0.2) is 0 Å². The molecule has 2 atom stereocenters. The lowest BCUT2D eigenvalue weighted by atomic mass is 10.0. The van der Waals surface area contributed by atoms with Gasteiger partial charge in [-0.15, -0.1) is 0 Å². The van der Waals surface area contributed by atoms with Gasteiger partial charge in [-0.3, -0.25) is 14.8 Å². The van der Waals surface area contributed by atoms with Gasteiger partial charge in [0.2, 0.25) is 0 Å². The number of aliphatic imine (C=N–C) groups is 1. The molecule has 38 heavy (non-hydrogen) atoms. The number of nitrogens with one attached hydrogen (secondary N) is 1. The Morgan fingerprint density at radius 2 is 2.18 bits per heavy atom. The summed E-state index contributed by atoms with van der Waals surface area (Å²) < 4.78 is 7.48. The van der Waals surface area contributed by atoms with Crippen LogP contribution in [0, 0.1) is 0 Å². The Bertz CT molecular complexity index is 1460. The van der Waals surface area contributed by atoms with Crippen LogP contribution in [0.1, 0.15) is 29.4 Å². The van der Waals surface area contributed by atoms with E-state index < -0.39 is 18.1 Å². The van der Waals surface area contributed by atoms with Crippen molar-refractivity contribution in [3.05, 3.63) is 65.5 Å². The van der Waals surface area contributed by atoms with Crippen molar-refractivity contribution in [1.82, 2.24) is 29.9 Å². The fourth-order valence-corrected chi connectivity index (χ4v) is 4.77.